The first-order chi connectivity index (χ1) is 17.8. The largest absolute Gasteiger partial charge is 0.379 e. The fourth-order valence-corrected chi connectivity index (χ4v) is 6.69. The topological polar surface area (TPSA) is 143 Å². The Labute approximate surface area is 223 Å². The molecular formula is C25H32N6O5S2. The van der Waals surface area contributed by atoms with Crippen LogP contribution in [0.15, 0.2) is 64.5 Å². The highest BCUT2D eigenvalue weighted by molar-refractivity contribution is 7.89. The molecule has 2 heterocycles. The molecule has 0 radical (unpaired) electrons. The van der Waals surface area contributed by atoms with Gasteiger partial charge in [0, 0.05) is 41.8 Å². The number of sulfonamides is 2. The van der Waals surface area contributed by atoms with E-state index in [1.165, 1.54) is 16.4 Å². The lowest BCUT2D eigenvalue weighted by Gasteiger charge is -2.26. The van der Waals surface area contributed by atoms with Gasteiger partial charge in [-0.3, -0.25) is 0 Å². The summed E-state index contributed by atoms with van der Waals surface area (Å²) in [7, 11) is -7.37. The first-order valence-electron chi connectivity index (χ1n) is 12.0. The first-order valence-corrected chi connectivity index (χ1v) is 15.0. The van der Waals surface area contributed by atoms with Gasteiger partial charge in [0.15, 0.2) is 0 Å². The summed E-state index contributed by atoms with van der Waals surface area (Å²) < 4.78 is 60.9. The SMILES string of the molecule is Cc1cnc(Nc2cccc(S(=O)(=O)NC(C)(C)C)c2)nc1Nc1cccc(S(=O)(=O)N2CCOCC2)c1. The number of rotatable bonds is 8. The number of hydrogen-bond donors (Lipinski definition) is 3. The van der Waals surface area contributed by atoms with Gasteiger partial charge in [-0.1, -0.05) is 12.1 Å². The molecule has 3 N–H and O–H groups in total. The van der Waals surface area contributed by atoms with E-state index >= 15 is 0 Å². The molecule has 1 aliphatic heterocycles. The lowest BCUT2D eigenvalue weighted by molar-refractivity contribution is 0.0730. The van der Waals surface area contributed by atoms with Crippen molar-refractivity contribution in [1.29, 1.82) is 0 Å². The van der Waals surface area contributed by atoms with Gasteiger partial charge in [-0.2, -0.15) is 9.29 Å². The molecule has 0 spiro atoms. The molecule has 1 aliphatic rings. The summed E-state index contributed by atoms with van der Waals surface area (Å²) in [5.41, 5.74) is 1.16. The molecule has 0 amide bonds. The van der Waals surface area contributed by atoms with Gasteiger partial charge in [0.05, 0.1) is 23.0 Å². The second-order valence-electron chi connectivity index (χ2n) is 9.90. The van der Waals surface area contributed by atoms with Crippen molar-refractivity contribution in [3.8, 4) is 0 Å². The smallest absolute Gasteiger partial charge is 0.243 e. The van der Waals surface area contributed by atoms with Crippen molar-refractivity contribution in [3.05, 3.63) is 60.3 Å². The molecule has 0 bridgehead atoms. The zero-order valence-corrected chi connectivity index (χ0v) is 23.4. The summed E-state index contributed by atoms with van der Waals surface area (Å²) in [6, 6.07) is 12.9. The van der Waals surface area contributed by atoms with Gasteiger partial charge in [0.1, 0.15) is 5.82 Å². The van der Waals surface area contributed by atoms with E-state index in [0.29, 0.717) is 43.5 Å². The average Bonchev–Trinajstić information content (AvgIpc) is 2.86. The molecule has 38 heavy (non-hydrogen) atoms. The van der Waals surface area contributed by atoms with E-state index in [1.807, 2.05) is 6.92 Å². The zero-order chi connectivity index (χ0) is 27.6. The van der Waals surface area contributed by atoms with Crippen LogP contribution in [0.5, 0.6) is 0 Å². The van der Waals surface area contributed by atoms with Crippen LogP contribution in [-0.2, 0) is 24.8 Å². The lowest BCUT2D eigenvalue weighted by atomic mass is 10.1. The van der Waals surface area contributed by atoms with Gasteiger partial charge < -0.3 is 15.4 Å². The van der Waals surface area contributed by atoms with Crippen LogP contribution in [-0.4, -0.2) is 63.0 Å². The molecule has 4 rings (SSSR count). The predicted molar refractivity (Wildman–Crippen MR) is 146 cm³/mol. The Morgan fingerprint density at radius 2 is 1.50 bits per heavy atom. The molecule has 0 aliphatic carbocycles. The number of hydrogen-bond acceptors (Lipinski definition) is 9. The summed E-state index contributed by atoms with van der Waals surface area (Å²) in [5, 5.41) is 6.21. The molecule has 1 aromatic heterocycles. The Morgan fingerprint density at radius 3 is 2.16 bits per heavy atom. The van der Waals surface area contributed by atoms with Crippen molar-refractivity contribution in [1.82, 2.24) is 19.0 Å². The second-order valence-corrected chi connectivity index (χ2v) is 13.5. The van der Waals surface area contributed by atoms with E-state index in [2.05, 4.69) is 25.3 Å². The van der Waals surface area contributed by atoms with E-state index in [-0.39, 0.29) is 15.7 Å². The van der Waals surface area contributed by atoms with E-state index < -0.39 is 25.6 Å². The fourth-order valence-electron chi connectivity index (χ4n) is 3.77. The highest BCUT2D eigenvalue weighted by Gasteiger charge is 2.26. The monoisotopic (exact) mass is 560 g/mol. The Kier molecular flexibility index (Phi) is 8.04. The number of aromatic nitrogens is 2. The second kappa shape index (κ2) is 10.9. The molecule has 2 aromatic carbocycles. The number of morpholine rings is 1. The van der Waals surface area contributed by atoms with E-state index in [4.69, 9.17) is 4.74 Å². The minimum atomic E-state index is -3.72. The van der Waals surface area contributed by atoms with Crippen molar-refractivity contribution in [2.24, 2.45) is 0 Å². The molecule has 0 atom stereocenters. The fraction of sp³-hybridized carbons (Fsp3) is 0.360. The number of nitrogens with zero attached hydrogens (tertiary/aromatic N) is 3. The van der Waals surface area contributed by atoms with E-state index in [1.54, 1.807) is 63.4 Å². The standard InChI is InChI=1S/C25H32N6O5S2/c1-18-17-26-24(28-20-8-5-9-21(15-20)37(32,33)30-25(2,3)4)29-23(18)27-19-7-6-10-22(16-19)38(34,35)31-11-13-36-14-12-31/h5-10,15-17,30H,11-14H2,1-4H3,(H2,26,27,28,29). The average molecular weight is 561 g/mol. The van der Waals surface area contributed by atoms with Gasteiger partial charge in [0.25, 0.3) is 0 Å². The van der Waals surface area contributed by atoms with Crippen LogP contribution in [0.1, 0.15) is 26.3 Å². The third kappa shape index (κ3) is 6.85. The maximum Gasteiger partial charge on any atom is 0.243 e. The van der Waals surface area contributed by atoms with Crippen LogP contribution in [0.25, 0.3) is 0 Å². The van der Waals surface area contributed by atoms with Crippen LogP contribution >= 0.6 is 0 Å². The number of ether oxygens (including phenoxy) is 1. The third-order valence-corrected chi connectivity index (χ3v) is 9.17. The molecule has 0 unspecified atom stereocenters. The molecule has 3 aromatic rings. The Bertz CT molecular complexity index is 1520. The van der Waals surface area contributed by atoms with Gasteiger partial charge in [-0.25, -0.2) is 26.5 Å². The Hall–Kier alpha value is -3.10. The Balaban J connectivity index is 1.54. The quantitative estimate of drug-likeness (QED) is 0.378. The third-order valence-electron chi connectivity index (χ3n) is 5.52. The van der Waals surface area contributed by atoms with E-state index in [9.17, 15) is 16.8 Å². The van der Waals surface area contributed by atoms with Crippen molar-refractivity contribution < 1.29 is 21.6 Å². The molecule has 13 heteroatoms. The number of benzene rings is 2. The maximum atomic E-state index is 13.1. The number of aryl methyl sites for hydroxylation is 1. The summed E-state index contributed by atoms with van der Waals surface area (Å²) in [5.74, 6) is 0.718. The van der Waals surface area contributed by atoms with Crippen LogP contribution in [0.3, 0.4) is 0 Å². The van der Waals surface area contributed by atoms with Crippen molar-refractivity contribution in [2.75, 3.05) is 36.9 Å². The van der Waals surface area contributed by atoms with Crippen LogP contribution < -0.4 is 15.4 Å². The minimum absolute atomic E-state index is 0.112. The van der Waals surface area contributed by atoms with Gasteiger partial charge in [-0.15, -0.1) is 0 Å². The highest BCUT2D eigenvalue weighted by atomic mass is 32.2. The molecule has 1 saturated heterocycles. The predicted octanol–water partition coefficient (Wildman–Crippen LogP) is 3.37. The normalized spacial score (nSPS) is 15.3. The van der Waals surface area contributed by atoms with Crippen LogP contribution in [0.4, 0.5) is 23.1 Å². The van der Waals surface area contributed by atoms with Gasteiger partial charge >= 0.3 is 0 Å². The summed E-state index contributed by atoms with van der Waals surface area (Å²) in [4.78, 5) is 9.11. The highest BCUT2D eigenvalue weighted by Crippen LogP contribution is 2.25. The van der Waals surface area contributed by atoms with Crippen molar-refractivity contribution in [2.45, 2.75) is 43.0 Å². The van der Waals surface area contributed by atoms with Crippen LogP contribution in [0, 0.1) is 6.92 Å². The molecular weight excluding hydrogens is 528 g/mol. The van der Waals surface area contributed by atoms with Crippen LogP contribution in [0.2, 0.25) is 0 Å². The zero-order valence-electron chi connectivity index (χ0n) is 21.7. The molecule has 1 fully saturated rings. The number of anilines is 4. The lowest BCUT2D eigenvalue weighted by Crippen LogP contribution is -2.40. The van der Waals surface area contributed by atoms with Gasteiger partial charge in [0.2, 0.25) is 26.0 Å². The summed E-state index contributed by atoms with van der Waals surface area (Å²) in [6.45, 7) is 8.51. The molecule has 204 valence electrons. The molecule has 11 nitrogen and oxygen atoms in total. The van der Waals surface area contributed by atoms with Crippen molar-refractivity contribution in [3.63, 3.8) is 0 Å². The summed E-state index contributed by atoms with van der Waals surface area (Å²) >= 11 is 0. The summed E-state index contributed by atoms with van der Waals surface area (Å²) in [6.07, 6.45) is 1.62. The van der Waals surface area contributed by atoms with Crippen molar-refractivity contribution >= 4 is 43.2 Å². The molecule has 0 saturated carbocycles. The number of nitrogens with one attached hydrogen (secondary N) is 3. The first kappa shape index (κ1) is 27.9. The van der Waals surface area contributed by atoms with E-state index in [0.717, 1.165) is 5.56 Å². The minimum Gasteiger partial charge on any atom is -0.379 e. The van der Waals surface area contributed by atoms with Gasteiger partial charge in [-0.05, 0) is 64.1 Å². The maximum absolute atomic E-state index is 13.1. The Morgan fingerprint density at radius 1 is 0.895 bits per heavy atom.